The molecule has 0 radical (unpaired) electrons. The van der Waals surface area contributed by atoms with E-state index in [4.69, 9.17) is 0 Å². The predicted octanol–water partition coefficient (Wildman–Crippen LogP) is 4.06. The van der Waals surface area contributed by atoms with Crippen molar-refractivity contribution in [1.82, 2.24) is 15.1 Å². The van der Waals surface area contributed by atoms with Gasteiger partial charge in [-0.05, 0) is 32.3 Å². The standard InChI is InChI=1S/C16H29N3/c1-3-14(2)19-12-11-16(18-19)13-17-15-9-7-5-4-6-8-10-15/h11-12,14-15,17H,3-10,13H2,1-2H3. The lowest BCUT2D eigenvalue weighted by Crippen LogP contribution is -2.29. The summed E-state index contributed by atoms with van der Waals surface area (Å²) in [6.07, 6.45) is 13.0. The monoisotopic (exact) mass is 263 g/mol. The molecular formula is C16H29N3. The first-order valence-corrected chi connectivity index (χ1v) is 8.07. The number of rotatable bonds is 5. The Morgan fingerprint density at radius 2 is 1.95 bits per heavy atom. The summed E-state index contributed by atoms with van der Waals surface area (Å²) in [5, 5.41) is 8.36. The second-order valence-corrected chi connectivity index (χ2v) is 5.97. The Labute approximate surface area is 117 Å². The van der Waals surface area contributed by atoms with Crippen molar-refractivity contribution in [2.24, 2.45) is 0 Å². The van der Waals surface area contributed by atoms with Crippen LogP contribution in [0.4, 0.5) is 0 Å². The van der Waals surface area contributed by atoms with Crippen molar-refractivity contribution in [3.05, 3.63) is 18.0 Å². The Balaban J connectivity index is 1.78. The Hall–Kier alpha value is -0.830. The zero-order valence-corrected chi connectivity index (χ0v) is 12.6. The minimum Gasteiger partial charge on any atom is -0.308 e. The van der Waals surface area contributed by atoms with Gasteiger partial charge in [0.05, 0.1) is 5.69 Å². The topological polar surface area (TPSA) is 29.9 Å². The number of hydrogen-bond acceptors (Lipinski definition) is 2. The maximum atomic E-state index is 4.66. The van der Waals surface area contributed by atoms with E-state index in [2.05, 4.69) is 41.2 Å². The summed E-state index contributed by atoms with van der Waals surface area (Å²) >= 11 is 0. The number of aromatic nitrogens is 2. The van der Waals surface area contributed by atoms with E-state index in [-0.39, 0.29) is 0 Å². The average molecular weight is 263 g/mol. The van der Waals surface area contributed by atoms with Crippen LogP contribution in [0.5, 0.6) is 0 Å². The van der Waals surface area contributed by atoms with Crippen LogP contribution in [0.3, 0.4) is 0 Å². The molecule has 1 heterocycles. The molecule has 2 rings (SSSR count). The van der Waals surface area contributed by atoms with Crippen LogP contribution in [0, 0.1) is 0 Å². The first-order chi connectivity index (χ1) is 9.29. The molecule has 19 heavy (non-hydrogen) atoms. The van der Waals surface area contributed by atoms with Crippen molar-refractivity contribution in [3.8, 4) is 0 Å². The van der Waals surface area contributed by atoms with Gasteiger partial charge in [-0.1, -0.05) is 39.0 Å². The van der Waals surface area contributed by atoms with E-state index < -0.39 is 0 Å². The van der Waals surface area contributed by atoms with Crippen molar-refractivity contribution < 1.29 is 0 Å². The van der Waals surface area contributed by atoms with Gasteiger partial charge in [0, 0.05) is 24.8 Å². The van der Waals surface area contributed by atoms with Gasteiger partial charge < -0.3 is 5.32 Å². The van der Waals surface area contributed by atoms with E-state index in [1.807, 2.05) is 0 Å². The molecule has 0 amide bonds. The van der Waals surface area contributed by atoms with Crippen molar-refractivity contribution in [2.75, 3.05) is 0 Å². The van der Waals surface area contributed by atoms with Gasteiger partial charge in [0.15, 0.2) is 0 Å². The molecule has 1 saturated carbocycles. The van der Waals surface area contributed by atoms with Gasteiger partial charge in [-0.3, -0.25) is 4.68 Å². The molecule has 1 N–H and O–H groups in total. The second kappa shape index (κ2) is 7.68. The zero-order chi connectivity index (χ0) is 13.5. The van der Waals surface area contributed by atoms with Crippen LogP contribution in [0.2, 0.25) is 0 Å². The van der Waals surface area contributed by atoms with Crippen LogP contribution in [-0.2, 0) is 6.54 Å². The normalized spacial score (nSPS) is 19.9. The van der Waals surface area contributed by atoms with Crippen LogP contribution >= 0.6 is 0 Å². The Bertz CT molecular complexity index is 351. The molecular weight excluding hydrogens is 234 g/mol. The van der Waals surface area contributed by atoms with Gasteiger partial charge >= 0.3 is 0 Å². The quantitative estimate of drug-likeness (QED) is 0.868. The maximum Gasteiger partial charge on any atom is 0.0762 e. The van der Waals surface area contributed by atoms with Gasteiger partial charge in [0.1, 0.15) is 0 Å². The van der Waals surface area contributed by atoms with E-state index in [1.54, 1.807) is 0 Å². The molecule has 0 aromatic carbocycles. The van der Waals surface area contributed by atoms with Gasteiger partial charge in [-0.15, -0.1) is 0 Å². The van der Waals surface area contributed by atoms with Crippen molar-refractivity contribution in [2.45, 2.75) is 83.8 Å². The van der Waals surface area contributed by atoms with Gasteiger partial charge in [-0.2, -0.15) is 5.10 Å². The maximum absolute atomic E-state index is 4.66. The summed E-state index contributed by atoms with van der Waals surface area (Å²) in [5.41, 5.74) is 1.18. The molecule has 0 saturated heterocycles. The lowest BCUT2D eigenvalue weighted by Gasteiger charge is -2.20. The highest BCUT2D eigenvalue weighted by atomic mass is 15.3. The first-order valence-electron chi connectivity index (χ1n) is 8.07. The fourth-order valence-electron chi connectivity index (χ4n) is 2.81. The van der Waals surface area contributed by atoms with Gasteiger partial charge in [0.25, 0.3) is 0 Å². The fourth-order valence-corrected chi connectivity index (χ4v) is 2.81. The second-order valence-electron chi connectivity index (χ2n) is 5.97. The van der Waals surface area contributed by atoms with E-state index in [1.165, 1.54) is 50.6 Å². The van der Waals surface area contributed by atoms with E-state index in [0.29, 0.717) is 12.1 Å². The summed E-state index contributed by atoms with van der Waals surface area (Å²) in [5.74, 6) is 0. The molecule has 1 aromatic heterocycles. The SMILES string of the molecule is CCC(C)n1ccc(CNC2CCCCCCC2)n1. The Morgan fingerprint density at radius 1 is 1.26 bits per heavy atom. The van der Waals surface area contributed by atoms with E-state index >= 15 is 0 Å². The van der Waals surface area contributed by atoms with Crippen molar-refractivity contribution in [3.63, 3.8) is 0 Å². The smallest absolute Gasteiger partial charge is 0.0762 e. The average Bonchev–Trinajstić information content (AvgIpc) is 2.85. The molecule has 0 spiro atoms. The third kappa shape index (κ3) is 4.64. The highest BCUT2D eigenvalue weighted by Crippen LogP contribution is 2.17. The van der Waals surface area contributed by atoms with E-state index in [9.17, 15) is 0 Å². The van der Waals surface area contributed by atoms with Crippen LogP contribution in [0.25, 0.3) is 0 Å². The fraction of sp³-hybridized carbons (Fsp3) is 0.812. The molecule has 1 atom stereocenters. The number of hydrogen-bond donors (Lipinski definition) is 1. The highest BCUT2D eigenvalue weighted by molar-refractivity contribution is 4.99. The molecule has 0 bridgehead atoms. The first kappa shape index (κ1) is 14.6. The summed E-state index contributed by atoms with van der Waals surface area (Å²) in [6.45, 7) is 5.35. The lowest BCUT2D eigenvalue weighted by atomic mass is 9.97. The summed E-state index contributed by atoms with van der Waals surface area (Å²) < 4.78 is 2.09. The van der Waals surface area contributed by atoms with Crippen LogP contribution in [0.15, 0.2) is 12.3 Å². The molecule has 1 aromatic rings. The Morgan fingerprint density at radius 3 is 2.63 bits per heavy atom. The molecule has 1 aliphatic rings. The minimum atomic E-state index is 0.509. The third-order valence-electron chi connectivity index (χ3n) is 4.38. The predicted molar refractivity (Wildman–Crippen MR) is 80.2 cm³/mol. The summed E-state index contributed by atoms with van der Waals surface area (Å²) in [6, 6.07) is 3.37. The molecule has 0 aliphatic heterocycles. The molecule has 1 fully saturated rings. The minimum absolute atomic E-state index is 0.509. The largest absolute Gasteiger partial charge is 0.308 e. The van der Waals surface area contributed by atoms with Crippen LogP contribution in [-0.4, -0.2) is 15.8 Å². The third-order valence-corrected chi connectivity index (χ3v) is 4.38. The number of nitrogens with zero attached hydrogens (tertiary/aromatic N) is 2. The zero-order valence-electron chi connectivity index (χ0n) is 12.6. The summed E-state index contributed by atoms with van der Waals surface area (Å²) in [4.78, 5) is 0. The molecule has 108 valence electrons. The molecule has 1 unspecified atom stereocenters. The molecule has 1 aliphatic carbocycles. The van der Waals surface area contributed by atoms with Gasteiger partial charge in [0.2, 0.25) is 0 Å². The highest BCUT2D eigenvalue weighted by Gasteiger charge is 2.11. The Kier molecular flexibility index (Phi) is 5.90. The number of nitrogens with one attached hydrogen (secondary N) is 1. The molecule has 3 heteroatoms. The summed E-state index contributed by atoms with van der Waals surface area (Å²) in [7, 11) is 0. The lowest BCUT2D eigenvalue weighted by molar-refractivity contribution is 0.385. The van der Waals surface area contributed by atoms with Gasteiger partial charge in [-0.25, -0.2) is 0 Å². The van der Waals surface area contributed by atoms with Crippen LogP contribution in [0.1, 0.15) is 76.9 Å². The van der Waals surface area contributed by atoms with Crippen molar-refractivity contribution in [1.29, 1.82) is 0 Å². The van der Waals surface area contributed by atoms with E-state index in [0.717, 1.165) is 13.0 Å². The molecule has 3 nitrogen and oxygen atoms in total. The van der Waals surface area contributed by atoms with Crippen LogP contribution < -0.4 is 5.32 Å². The van der Waals surface area contributed by atoms with Crippen molar-refractivity contribution >= 4 is 0 Å².